The van der Waals surface area contributed by atoms with Crippen LogP contribution in [0.25, 0.3) is 0 Å². The van der Waals surface area contributed by atoms with Gasteiger partial charge in [-0.1, -0.05) is 15.9 Å². The second kappa shape index (κ2) is 5.11. The summed E-state index contributed by atoms with van der Waals surface area (Å²) in [4.78, 5) is 11.9. The maximum Gasteiger partial charge on any atom is 0.153 e. The van der Waals surface area contributed by atoms with Crippen LogP contribution in [0.2, 0.25) is 0 Å². The van der Waals surface area contributed by atoms with E-state index in [-0.39, 0.29) is 5.78 Å². The summed E-state index contributed by atoms with van der Waals surface area (Å²) >= 11 is 3.46. The SMILES string of the molecule is COc1ccc(Br)c(CC2(C#N)CCCC2=O)c1. The van der Waals surface area contributed by atoms with E-state index in [4.69, 9.17) is 4.74 Å². The molecule has 0 amide bonds. The fraction of sp³-hybridized carbons (Fsp3) is 0.429. The zero-order valence-corrected chi connectivity index (χ0v) is 11.8. The van der Waals surface area contributed by atoms with Crippen LogP contribution in [-0.4, -0.2) is 12.9 Å². The van der Waals surface area contributed by atoms with Crippen molar-refractivity contribution in [3.8, 4) is 11.8 Å². The molecule has 1 aliphatic carbocycles. The number of methoxy groups -OCH3 is 1. The normalized spacial score (nSPS) is 22.8. The van der Waals surface area contributed by atoms with E-state index >= 15 is 0 Å². The molecule has 0 radical (unpaired) electrons. The lowest BCUT2D eigenvalue weighted by Crippen LogP contribution is -2.26. The Labute approximate surface area is 115 Å². The lowest BCUT2D eigenvalue weighted by Gasteiger charge is -2.19. The summed E-state index contributed by atoms with van der Waals surface area (Å²) in [7, 11) is 1.60. The first-order valence-corrected chi connectivity index (χ1v) is 6.67. The van der Waals surface area contributed by atoms with Gasteiger partial charge in [0.15, 0.2) is 5.78 Å². The van der Waals surface area contributed by atoms with E-state index in [1.807, 2.05) is 18.2 Å². The number of rotatable bonds is 3. The summed E-state index contributed by atoms with van der Waals surface area (Å²) in [5.74, 6) is 0.812. The largest absolute Gasteiger partial charge is 0.497 e. The molecule has 94 valence electrons. The number of carbonyl (C=O) groups excluding carboxylic acids is 1. The Morgan fingerprint density at radius 1 is 1.56 bits per heavy atom. The highest BCUT2D eigenvalue weighted by molar-refractivity contribution is 9.10. The first-order chi connectivity index (χ1) is 8.61. The molecule has 4 heteroatoms. The van der Waals surface area contributed by atoms with Crippen LogP contribution in [0.4, 0.5) is 0 Å². The fourth-order valence-electron chi connectivity index (χ4n) is 2.41. The Morgan fingerprint density at radius 3 is 2.89 bits per heavy atom. The van der Waals surface area contributed by atoms with Gasteiger partial charge in [-0.15, -0.1) is 0 Å². The zero-order valence-electron chi connectivity index (χ0n) is 10.2. The van der Waals surface area contributed by atoms with E-state index in [9.17, 15) is 10.1 Å². The minimum Gasteiger partial charge on any atom is -0.497 e. The monoisotopic (exact) mass is 307 g/mol. The average Bonchev–Trinajstić information content (AvgIpc) is 2.74. The highest BCUT2D eigenvalue weighted by atomic mass is 79.9. The van der Waals surface area contributed by atoms with Gasteiger partial charge in [0.2, 0.25) is 0 Å². The van der Waals surface area contributed by atoms with Gasteiger partial charge in [0.25, 0.3) is 0 Å². The van der Waals surface area contributed by atoms with Gasteiger partial charge >= 0.3 is 0 Å². The molecule has 1 unspecified atom stereocenters. The number of hydrogen-bond acceptors (Lipinski definition) is 3. The Kier molecular flexibility index (Phi) is 3.72. The molecule has 1 fully saturated rings. The molecule has 0 bridgehead atoms. The van der Waals surface area contributed by atoms with Gasteiger partial charge in [-0.05, 0) is 43.0 Å². The molecule has 0 spiro atoms. The Bertz CT molecular complexity index is 521. The van der Waals surface area contributed by atoms with E-state index < -0.39 is 5.41 Å². The summed E-state index contributed by atoms with van der Waals surface area (Å²) in [6, 6.07) is 7.85. The van der Waals surface area contributed by atoms with Crippen molar-refractivity contribution in [3.63, 3.8) is 0 Å². The van der Waals surface area contributed by atoms with Crippen LogP contribution in [0.5, 0.6) is 5.75 Å². The maximum atomic E-state index is 11.9. The van der Waals surface area contributed by atoms with Crippen molar-refractivity contribution in [2.45, 2.75) is 25.7 Å². The Morgan fingerprint density at radius 2 is 2.33 bits per heavy atom. The van der Waals surface area contributed by atoms with Crippen LogP contribution in [0.3, 0.4) is 0 Å². The van der Waals surface area contributed by atoms with Crippen molar-refractivity contribution >= 4 is 21.7 Å². The van der Waals surface area contributed by atoms with Crippen molar-refractivity contribution < 1.29 is 9.53 Å². The lowest BCUT2D eigenvalue weighted by molar-refractivity contribution is -0.123. The molecule has 18 heavy (non-hydrogen) atoms. The fourth-order valence-corrected chi connectivity index (χ4v) is 2.80. The predicted octanol–water partition coefficient (Wildman–Crippen LogP) is 3.26. The molecule has 0 aromatic heterocycles. The number of nitrogens with zero attached hydrogens (tertiary/aromatic N) is 1. The molecule has 0 aliphatic heterocycles. The molecule has 1 aromatic carbocycles. The van der Waals surface area contributed by atoms with Gasteiger partial charge in [0.05, 0.1) is 13.2 Å². The third-order valence-corrected chi connectivity index (χ3v) is 4.27. The van der Waals surface area contributed by atoms with Gasteiger partial charge in [-0.25, -0.2) is 0 Å². The summed E-state index contributed by atoms with van der Waals surface area (Å²) in [6.07, 6.45) is 2.45. The molecule has 0 heterocycles. The standard InChI is InChI=1S/C14H14BrNO2/c1-18-11-4-5-12(15)10(7-11)8-14(9-16)6-2-3-13(14)17/h4-5,7H,2-3,6,8H2,1H3. The third kappa shape index (κ3) is 2.28. The van der Waals surface area contributed by atoms with Gasteiger partial charge in [-0.2, -0.15) is 5.26 Å². The highest BCUT2D eigenvalue weighted by Gasteiger charge is 2.42. The zero-order chi connectivity index (χ0) is 13.2. The summed E-state index contributed by atoms with van der Waals surface area (Å²) in [6.45, 7) is 0. The number of ether oxygens (including phenoxy) is 1. The second-order valence-electron chi connectivity index (χ2n) is 4.60. The highest BCUT2D eigenvalue weighted by Crippen LogP contribution is 2.39. The van der Waals surface area contributed by atoms with Crippen molar-refractivity contribution in [3.05, 3.63) is 28.2 Å². The van der Waals surface area contributed by atoms with Crippen molar-refractivity contribution in [2.75, 3.05) is 7.11 Å². The first-order valence-electron chi connectivity index (χ1n) is 5.88. The molecule has 3 nitrogen and oxygen atoms in total. The predicted molar refractivity (Wildman–Crippen MR) is 71.3 cm³/mol. The van der Waals surface area contributed by atoms with E-state index in [0.29, 0.717) is 19.3 Å². The third-order valence-electron chi connectivity index (χ3n) is 3.50. The van der Waals surface area contributed by atoms with Crippen LogP contribution in [-0.2, 0) is 11.2 Å². The molecule has 1 aromatic rings. The number of hydrogen-bond donors (Lipinski definition) is 0. The minimum atomic E-state index is -0.838. The minimum absolute atomic E-state index is 0.0692. The number of halogens is 1. The second-order valence-corrected chi connectivity index (χ2v) is 5.46. The summed E-state index contributed by atoms with van der Waals surface area (Å²) in [5, 5.41) is 9.35. The van der Waals surface area contributed by atoms with Crippen molar-refractivity contribution in [1.82, 2.24) is 0 Å². The van der Waals surface area contributed by atoms with Gasteiger partial charge in [0, 0.05) is 10.9 Å². The lowest BCUT2D eigenvalue weighted by atomic mass is 9.80. The van der Waals surface area contributed by atoms with Crippen LogP contribution in [0.15, 0.2) is 22.7 Å². The van der Waals surface area contributed by atoms with Gasteiger partial charge in [-0.3, -0.25) is 4.79 Å². The molecular weight excluding hydrogens is 294 g/mol. The van der Waals surface area contributed by atoms with Crippen LogP contribution in [0.1, 0.15) is 24.8 Å². The van der Waals surface area contributed by atoms with Gasteiger partial charge in [0.1, 0.15) is 11.2 Å². The van der Waals surface area contributed by atoms with Crippen molar-refractivity contribution in [2.24, 2.45) is 5.41 Å². The summed E-state index contributed by atoms with van der Waals surface area (Å²) in [5.41, 5.74) is 0.112. The van der Waals surface area contributed by atoms with Crippen LogP contribution in [0, 0.1) is 16.7 Å². The molecule has 1 aliphatic rings. The van der Waals surface area contributed by atoms with E-state index in [2.05, 4.69) is 22.0 Å². The Hall–Kier alpha value is -1.34. The average molecular weight is 308 g/mol. The molecule has 2 rings (SSSR count). The number of nitriles is 1. The topological polar surface area (TPSA) is 50.1 Å². The Balaban J connectivity index is 2.33. The first kappa shape index (κ1) is 13.1. The number of carbonyl (C=O) groups is 1. The molecule has 0 saturated heterocycles. The van der Waals surface area contributed by atoms with E-state index in [0.717, 1.165) is 22.2 Å². The van der Waals surface area contributed by atoms with E-state index in [1.165, 1.54) is 0 Å². The smallest absolute Gasteiger partial charge is 0.153 e. The maximum absolute atomic E-state index is 11.9. The molecular formula is C14H14BrNO2. The molecule has 1 atom stereocenters. The van der Waals surface area contributed by atoms with E-state index in [1.54, 1.807) is 7.11 Å². The van der Waals surface area contributed by atoms with Gasteiger partial charge < -0.3 is 4.74 Å². The molecule has 1 saturated carbocycles. The van der Waals surface area contributed by atoms with Crippen LogP contribution >= 0.6 is 15.9 Å². The number of Topliss-reactive ketones (excluding diaryl/α,β-unsaturated/α-hetero) is 1. The summed E-state index contributed by atoms with van der Waals surface area (Å²) < 4.78 is 6.09. The van der Waals surface area contributed by atoms with Crippen LogP contribution < -0.4 is 4.74 Å². The van der Waals surface area contributed by atoms with Crippen molar-refractivity contribution in [1.29, 1.82) is 5.26 Å². The number of benzene rings is 1. The quantitative estimate of drug-likeness (QED) is 0.861. The molecule has 0 N–H and O–H groups in total. The number of ketones is 1.